The van der Waals surface area contributed by atoms with Crippen molar-refractivity contribution < 1.29 is 4.79 Å². The fourth-order valence-corrected chi connectivity index (χ4v) is 2.90. The summed E-state index contributed by atoms with van der Waals surface area (Å²) in [4.78, 5) is 12.0. The standard InChI is InChI=1S/C17H16ClN7OS/c18-13-7-4-8-14(9-13)21-15(26)11-27-17-24-23-16(25(17)19)22-20-10-12-5-2-1-3-6-12/h1-10H,11,19H2,(H,21,26)(H,22,23)/b20-10+. The summed E-state index contributed by atoms with van der Waals surface area (Å²) in [6, 6.07) is 16.5. The molecule has 0 spiro atoms. The number of benzene rings is 2. The van der Waals surface area contributed by atoms with Crippen LogP contribution in [0.15, 0.2) is 64.9 Å². The van der Waals surface area contributed by atoms with Crippen LogP contribution in [-0.2, 0) is 4.79 Å². The number of hydrogen-bond acceptors (Lipinski definition) is 7. The summed E-state index contributed by atoms with van der Waals surface area (Å²) in [7, 11) is 0. The van der Waals surface area contributed by atoms with E-state index in [1.165, 1.54) is 4.68 Å². The summed E-state index contributed by atoms with van der Waals surface area (Å²) in [6.07, 6.45) is 1.64. The number of nitrogens with zero attached hydrogens (tertiary/aromatic N) is 4. The third-order valence-electron chi connectivity index (χ3n) is 3.28. The molecule has 8 nitrogen and oxygen atoms in total. The molecule has 3 rings (SSSR count). The summed E-state index contributed by atoms with van der Waals surface area (Å²) in [5, 5.41) is 15.6. The zero-order valence-electron chi connectivity index (χ0n) is 14.0. The molecule has 10 heteroatoms. The number of amides is 1. The highest BCUT2D eigenvalue weighted by atomic mass is 35.5. The van der Waals surface area contributed by atoms with E-state index in [4.69, 9.17) is 17.4 Å². The van der Waals surface area contributed by atoms with Crippen LogP contribution in [0.4, 0.5) is 11.6 Å². The molecule has 2 aromatic carbocycles. The van der Waals surface area contributed by atoms with Crippen LogP contribution in [0.25, 0.3) is 0 Å². The van der Waals surface area contributed by atoms with Crippen molar-refractivity contribution in [3.05, 3.63) is 65.2 Å². The average Bonchev–Trinajstić information content (AvgIpc) is 3.01. The van der Waals surface area contributed by atoms with Crippen LogP contribution in [0.3, 0.4) is 0 Å². The van der Waals surface area contributed by atoms with Crippen LogP contribution >= 0.6 is 23.4 Å². The number of hydrazone groups is 1. The molecule has 0 saturated carbocycles. The molecular formula is C17H16ClN7OS. The maximum Gasteiger partial charge on any atom is 0.264 e. The van der Waals surface area contributed by atoms with Gasteiger partial charge in [-0.1, -0.05) is 59.8 Å². The molecule has 1 amide bonds. The number of aromatic nitrogens is 3. The fourth-order valence-electron chi connectivity index (χ4n) is 2.05. The number of nitrogen functional groups attached to an aromatic ring is 1. The van der Waals surface area contributed by atoms with Crippen molar-refractivity contribution in [1.29, 1.82) is 0 Å². The normalized spacial score (nSPS) is 10.9. The molecule has 1 heterocycles. The number of anilines is 2. The van der Waals surface area contributed by atoms with Crippen LogP contribution in [0.2, 0.25) is 5.02 Å². The number of nitrogens with two attached hydrogens (primary N) is 1. The minimum absolute atomic E-state index is 0.120. The van der Waals surface area contributed by atoms with Gasteiger partial charge < -0.3 is 11.2 Å². The number of thioether (sulfide) groups is 1. The van der Waals surface area contributed by atoms with Gasteiger partial charge >= 0.3 is 0 Å². The fraction of sp³-hybridized carbons (Fsp3) is 0.0588. The Morgan fingerprint density at radius 3 is 2.81 bits per heavy atom. The third-order valence-corrected chi connectivity index (χ3v) is 4.46. The minimum atomic E-state index is -0.207. The summed E-state index contributed by atoms with van der Waals surface area (Å²) >= 11 is 7.05. The van der Waals surface area contributed by atoms with Crippen LogP contribution in [0.5, 0.6) is 0 Å². The van der Waals surface area contributed by atoms with Gasteiger partial charge in [-0.05, 0) is 23.8 Å². The SMILES string of the molecule is Nn1c(N/N=C/c2ccccc2)nnc1SCC(=O)Nc1cccc(Cl)c1. The summed E-state index contributed by atoms with van der Waals surface area (Å²) in [6.45, 7) is 0. The van der Waals surface area contributed by atoms with E-state index in [2.05, 4.69) is 26.0 Å². The first-order chi connectivity index (χ1) is 13.1. The van der Waals surface area contributed by atoms with Crippen molar-refractivity contribution in [2.75, 3.05) is 22.3 Å². The zero-order valence-corrected chi connectivity index (χ0v) is 15.6. The summed E-state index contributed by atoms with van der Waals surface area (Å²) in [5.74, 6) is 6.10. The highest BCUT2D eigenvalue weighted by Crippen LogP contribution is 2.18. The highest BCUT2D eigenvalue weighted by Gasteiger charge is 2.12. The van der Waals surface area contributed by atoms with E-state index >= 15 is 0 Å². The van der Waals surface area contributed by atoms with Gasteiger partial charge in [-0.2, -0.15) is 5.10 Å². The Bertz CT molecular complexity index is 945. The van der Waals surface area contributed by atoms with Crippen molar-refractivity contribution in [1.82, 2.24) is 14.9 Å². The lowest BCUT2D eigenvalue weighted by atomic mass is 10.2. The molecule has 0 unspecified atom stereocenters. The van der Waals surface area contributed by atoms with Gasteiger partial charge in [0.15, 0.2) is 0 Å². The van der Waals surface area contributed by atoms with Crippen LogP contribution in [0, 0.1) is 0 Å². The Kier molecular flexibility index (Phi) is 6.29. The molecule has 0 bridgehead atoms. The number of carbonyl (C=O) groups excluding carboxylic acids is 1. The topological polar surface area (TPSA) is 110 Å². The lowest BCUT2D eigenvalue weighted by Crippen LogP contribution is -2.16. The monoisotopic (exact) mass is 401 g/mol. The molecule has 1 aromatic heterocycles. The lowest BCUT2D eigenvalue weighted by Gasteiger charge is -2.05. The molecule has 138 valence electrons. The average molecular weight is 402 g/mol. The second-order valence-electron chi connectivity index (χ2n) is 5.30. The van der Waals surface area contributed by atoms with E-state index in [0.717, 1.165) is 17.3 Å². The number of rotatable bonds is 7. The van der Waals surface area contributed by atoms with Crippen LogP contribution < -0.4 is 16.6 Å². The molecule has 4 N–H and O–H groups in total. The molecule has 0 fully saturated rings. The predicted molar refractivity (Wildman–Crippen MR) is 109 cm³/mol. The smallest absolute Gasteiger partial charge is 0.264 e. The van der Waals surface area contributed by atoms with Crippen molar-refractivity contribution in [3.8, 4) is 0 Å². The van der Waals surface area contributed by atoms with Crippen LogP contribution in [-0.4, -0.2) is 32.7 Å². The quantitative estimate of drug-likeness (QED) is 0.243. The Labute approximate surface area is 164 Å². The van der Waals surface area contributed by atoms with E-state index in [9.17, 15) is 4.79 Å². The lowest BCUT2D eigenvalue weighted by molar-refractivity contribution is -0.113. The van der Waals surface area contributed by atoms with Gasteiger partial charge in [-0.3, -0.25) is 4.79 Å². The number of hydrogen-bond donors (Lipinski definition) is 3. The molecule has 0 aliphatic heterocycles. The first-order valence-electron chi connectivity index (χ1n) is 7.84. The molecule has 0 aliphatic carbocycles. The molecular weight excluding hydrogens is 386 g/mol. The molecule has 27 heavy (non-hydrogen) atoms. The Morgan fingerprint density at radius 2 is 2.04 bits per heavy atom. The zero-order chi connectivity index (χ0) is 19.1. The van der Waals surface area contributed by atoms with Gasteiger partial charge in [0.05, 0.1) is 12.0 Å². The van der Waals surface area contributed by atoms with Gasteiger partial charge in [0.25, 0.3) is 5.95 Å². The van der Waals surface area contributed by atoms with Crippen molar-refractivity contribution in [3.63, 3.8) is 0 Å². The number of nitrogens with one attached hydrogen (secondary N) is 2. The second kappa shape index (κ2) is 9.06. The van der Waals surface area contributed by atoms with E-state index in [-0.39, 0.29) is 17.6 Å². The number of halogens is 1. The van der Waals surface area contributed by atoms with Gasteiger partial charge in [0, 0.05) is 10.7 Å². The Hall–Kier alpha value is -3.04. The van der Waals surface area contributed by atoms with E-state index < -0.39 is 0 Å². The maximum atomic E-state index is 12.0. The van der Waals surface area contributed by atoms with E-state index in [1.54, 1.807) is 30.5 Å². The van der Waals surface area contributed by atoms with E-state index in [0.29, 0.717) is 15.9 Å². The number of carbonyl (C=O) groups is 1. The second-order valence-corrected chi connectivity index (χ2v) is 6.68. The Morgan fingerprint density at radius 1 is 1.22 bits per heavy atom. The van der Waals surface area contributed by atoms with Crippen molar-refractivity contribution in [2.24, 2.45) is 5.10 Å². The summed E-state index contributed by atoms with van der Waals surface area (Å²) in [5.41, 5.74) is 4.28. The van der Waals surface area contributed by atoms with Crippen LogP contribution in [0.1, 0.15) is 5.56 Å². The highest BCUT2D eigenvalue weighted by molar-refractivity contribution is 7.99. The van der Waals surface area contributed by atoms with Gasteiger partial charge in [0.1, 0.15) is 0 Å². The maximum absolute atomic E-state index is 12.0. The first-order valence-corrected chi connectivity index (χ1v) is 9.21. The van der Waals surface area contributed by atoms with Gasteiger partial charge in [0.2, 0.25) is 11.1 Å². The first kappa shape index (κ1) is 18.7. The molecule has 0 aliphatic rings. The molecule has 0 radical (unpaired) electrons. The largest absolute Gasteiger partial charge is 0.334 e. The van der Waals surface area contributed by atoms with Crippen molar-refractivity contribution in [2.45, 2.75) is 5.16 Å². The molecule has 0 atom stereocenters. The predicted octanol–water partition coefficient (Wildman–Crippen LogP) is 2.82. The molecule has 0 saturated heterocycles. The minimum Gasteiger partial charge on any atom is -0.334 e. The summed E-state index contributed by atoms with van der Waals surface area (Å²) < 4.78 is 1.24. The van der Waals surface area contributed by atoms with Gasteiger partial charge in [-0.25, -0.2) is 10.1 Å². The van der Waals surface area contributed by atoms with E-state index in [1.807, 2.05) is 30.3 Å². The third kappa shape index (κ3) is 5.47. The Balaban J connectivity index is 1.52. The molecule has 3 aromatic rings. The van der Waals surface area contributed by atoms with Gasteiger partial charge in [-0.15, -0.1) is 10.2 Å². The van der Waals surface area contributed by atoms with Crippen molar-refractivity contribution >= 4 is 47.1 Å².